The molecular formula is C15H15ClN2O4S. The number of amides is 1. The molecule has 0 aliphatic heterocycles. The van der Waals surface area contributed by atoms with Gasteiger partial charge in [0.15, 0.2) is 0 Å². The van der Waals surface area contributed by atoms with E-state index in [1.807, 2.05) is 4.83 Å². The molecule has 0 bridgehead atoms. The van der Waals surface area contributed by atoms with Gasteiger partial charge in [-0.1, -0.05) is 29.8 Å². The van der Waals surface area contributed by atoms with Gasteiger partial charge in [-0.3, -0.25) is 10.2 Å². The number of nitrogens with one attached hydrogen (secondary N) is 2. The molecule has 0 fully saturated rings. The molecule has 0 aromatic heterocycles. The summed E-state index contributed by atoms with van der Waals surface area (Å²) < 4.78 is 29.2. The highest BCUT2D eigenvalue weighted by molar-refractivity contribution is 7.89. The number of ether oxygens (including phenoxy) is 1. The number of para-hydroxylation sites is 1. The Morgan fingerprint density at radius 3 is 2.43 bits per heavy atom. The molecule has 0 atom stereocenters. The molecule has 0 saturated carbocycles. The number of hydrogen-bond donors (Lipinski definition) is 2. The van der Waals surface area contributed by atoms with Gasteiger partial charge in [0, 0.05) is 10.6 Å². The summed E-state index contributed by atoms with van der Waals surface area (Å²) in [4.78, 5) is 13.9. The summed E-state index contributed by atoms with van der Waals surface area (Å²) in [7, 11) is -2.35. The van der Waals surface area contributed by atoms with Crippen LogP contribution in [0.1, 0.15) is 5.56 Å². The number of carbonyl (C=O) groups excluding carboxylic acids is 1. The first-order valence-corrected chi connectivity index (χ1v) is 8.46. The minimum absolute atomic E-state index is 0.000471. The van der Waals surface area contributed by atoms with Crippen molar-refractivity contribution in [2.24, 2.45) is 0 Å². The van der Waals surface area contributed by atoms with Crippen molar-refractivity contribution >= 4 is 27.5 Å². The van der Waals surface area contributed by atoms with Crippen LogP contribution in [-0.2, 0) is 21.2 Å². The van der Waals surface area contributed by atoms with Crippen molar-refractivity contribution in [3.8, 4) is 5.75 Å². The lowest BCUT2D eigenvalue weighted by Crippen LogP contribution is -2.42. The highest BCUT2D eigenvalue weighted by atomic mass is 35.5. The molecule has 2 aromatic carbocycles. The first kappa shape index (κ1) is 17.3. The van der Waals surface area contributed by atoms with Crippen LogP contribution in [-0.4, -0.2) is 21.4 Å². The molecule has 1 amide bonds. The molecule has 0 saturated heterocycles. The molecule has 0 aliphatic carbocycles. The third kappa shape index (κ3) is 4.69. The van der Waals surface area contributed by atoms with Gasteiger partial charge < -0.3 is 4.74 Å². The van der Waals surface area contributed by atoms with Crippen LogP contribution < -0.4 is 15.0 Å². The maximum Gasteiger partial charge on any atom is 0.257 e. The first-order chi connectivity index (χ1) is 10.9. The van der Waals surface area contributed by atoms with Crippen molar-refractivity contribution in [3.05, 3.63) is 59.1 Å². The summed E-state index contributed by atoms with van der Waals surface area (Å²) in [6.45, 7) is 0. The van der Waals surface area contributed by atoms with Crippen LogP contribution in [0.5, 0.6) is 5.75 Å². The van der Waals surface area contributed by atoms with E-state index in [9.17, 15) is 13.2 Å². The van der Waals surface area contributed by atoms with Crippen molar-refractivity contribution in [2.75, 3.05) is 7.11 Å². The van der Waals surface area contributed by atoms with E-state index in [1.54, 1.807) is 24.3 Å². The lowest BCUT2D eigenvalue weighted by Gasteiger charge is -2.10. The van der Waals surface area contributed by atoms with Gasteiger partial charge in [0.1, 0.15) is 5.75 Å². The van der Waals surface area contributed by atoms with Crippen molar-refractivity contribution in [3.63, 3.8) is 0 Å². The molecule has 0 spiro atoms. The summed E-state index contributed by atoms with van der Waals surface area (Å²) in [5, 5.41) is 0.421. The summed E-state index contributed by atoms with van der Waals surface area (Å²) in [6, 6.07) is 12.6. The molecule has 6 nitrogen and oxygen atoms in total. The first-order valence-electron chi connectivity index (χ1n) is 6.60. The zero-order valence-corrected chi connectivity index (χ0v) is 13.8. The minimum Gasteiger partial charge on any atom is -0.496 e. The quantitative estimate of drug-likeness (QED) is 0.776. The predicted molar refractivity (Wildman–Crippen MR) is 86.6 cm³/mol. The summed E-state index contributed by atoms with van der Waals surface area (Å²) >= 11 is 5.71. The Hall–Kier alpha value is -2.09. The standard InChI is InChI=1S/C15H15ClN2O4S/c1-22-14-5-3-2-4-11(14)10-15(19)17-18-23(20,21)13-8-6-12(16)7-9-13/h2-9,18H,10H2,1H3,(H,17,19). The average molecular weight is 355 g/mol. The van der Waals surface area contributed by atoms with Crippen molar-refractivity contribution in [1.29, 1.82) is 0 Å². The zero-order chi connectivity index (χ0) is 16.9. The Morgan fingerprint density at radius 1 is 1.13 bits per heavy atom. The Balaban J connectivity index is 2.00. The van der Waals surface area contributed by atoms with Crippen LogP contribution in [0.3, 0.4) is 0 Å². The van der Waals surface area contributed by atoms with E-state index in [2.05, 4.69) is 5.43 Å². The maximum atomic E-state index is 12.0. The highest BCUT2D eigenvalue weighted by Crippen LogP contribution is 2.17. The second-order valence-corrected chi connectivity index (χ2v) is 6.72. The van der Waals surface area contributed by atoms with E-state index in [1.165, 1.54) is 31.4 Å². The van der Waals surface area contributed by atoms with Gasteiger partial charge in [0.2, 0.25) is 5.91 Å². The average Bonchev–Trinajstić information content (AvgIpc) is 2.54. The fraction of sp³-hybridized carbons (Fsp3) is 0.133. The van der Waals surface area contributed by atoms with Gasteiger partial charge in [-0.2, -0.15) is 0 Å². The number of carbonyl (C=O) groups is 1. The fourth-order valence-electron chi connectivity index (χ4n) is 1.86. The Labute approximate surface area is 139 Å². The molecule has 2 N–H and O–H groups in total. The topological polar surface area (TPSA) is 84.5 Å². The Kier molecular flexibility index (Phi) is 5.59. The molecular weight excluding hydrogens is 340 g/mol. The normalized spacial score (nSPS) is 11.0. The molecule has 23 heavy (non-hydrogen) atoms. The number of rotatable bonds is 6. The smallest absolute Gasteiger partial charge is 0.257 e. The molecule has 122 valence electrons. The minimum atomic E-state index is -3.85. The van der Waals surface area contributed by atoms with Crippen LogP contribution in [0.25, 0.3) is 0 Å². The predicted octanol–water partition coefficient (Wildman–Crippen LogP) is 1.90. The summed E-state index contributed by atoms with van der Waals surface area (Å²) in [5.41, 5.74) is 2.82. The fourth-order valence-corrected chi connectivity index (χ4v) is 2.85. The molecule has 0 radical (unpaired) electrons. The van der Waals surface area contributed by atoms with Gasteiger partial charge in [0.05, 0.1) is 18.4 Å². The van der Waals surface area contributed by atoms with Gasteiger partial charge in [-0.05, 0) is 30.3 Å². The molecule has 0 unspecified atom stereocenters. The van der Waals surface area contributed by atoms with Crippen LogP contribution in [0.15, 0.2) is 53.4 Å². The summed E-state index contributed by atoms with van der Waals surface area (Å²) in [5.74, 6) is 0.0512. The second kappa shape index (κ2) is 7.45. The molecule has 8 heteroatoms. The van der Waals surface area contributed by atoms with Gasteiger partial charge >= 0.3 is 0 Å². The molecule has 0 aliphatic rings. The SMILES string of the molecule is COc1ccccc1CC(=O)NNS(=O)(=O)c1ccc(Cl)cc1. The van der Waals surface area contributed by atoms with Gasteiger partial charge in [-0.25, -0.2) is 8.42 Å². The number of hydrazine groups is 1. The van der Waals surface area contributed by atoms with E-state index in [-0.39, 0.29) is 11.3 Å². The monoisotopic (exact) mass is 354 g/mol. The van der Waals surface area contributed by atoms with Gasteiger partial charge in [-0.15, -0.1) is 4.83 Å². The Morgan fingerprint density at radius 2 is 1.78 bits per heavy atom. The zero-order valence-electron chi connectivity index (χ0n) is 12.2. The van der Waals surface area contributed by atoms with E-state index in [0.29, 0.717) is 16.3 Å². The van der Waals surface area contributed by atoms with E-state index in [0.717, 1.165) is 0 Å². The van der Waals surface area contributed by atoms with E-state index >= 15 is 0 Å². The largest absolute Gasteiger partial charge is 0.496 e. The molecule has 0 heterocycles. The lowest BCUT2D eigenvalue weighted by atomic mass is 10.1. The number of halogens is 1. The second-order valence-electron chi connectivity index (χ2n) is 4.60. The van der Waals surface area contributed by atoms with Crippen LogP contribution in [0.2, 0.25) is 5.02 Å². The third-order valence-corrected chi connectivity index (χ3v) is 4.51. The van der Waals surface area contributed by atoms with E-state index < -0.39 is 15.9 Å². The maximum absolute atomic E-state index is 12.0. The number of benzene rings is 2. The lowest BCUT2D eigenvalue weighted by molar-refractivity contribution is -0.120. The number of hydrogen-bond acceptors (Lipinski definition) is 4. The number of sulfonamides is 1. The third-order valence-electron chi connectivity index (χ3n) is 2.99. The molecule has 2 rings (SSSR count). The van der Waals surface area contributed by atoms with Crippen molar-refractivity contribution in [2.45, 2.75) is 11.3 Å². The van der Waals surface area contributed by atoms with Gasteiger partial charge in [0.25, 0.3) is 10.0 Å². The Bertz CT molecular complexity index is 791. The van der Waals surface area contributed by atoms with Crippen molar-refractivity contribution in [1.82, 2.24) is 10.3 Å². The van der Waals surface area contributed by atoms with Crippen LogP contribution in [0, 0.1) is 0 Å². The van der Waals surface area contributed by atoms with Crippen LogP contribution >= 0.6 is 11.6 Å². The summed E-state index contributed by atoms with van der Waals surface area (Å²) in [6.07, 6.45) is -0.0207. The number of methoxy groups -OCH3 is 1. The van der Waals surface area contributed by atoms with E-state index in [4.69, 9.17) is 16.3 Å². The molecule has 2 aromatic rings. The van der Waals surface area contributed by atoms with Crippen LogP contribution in [0.4, 0.5) is 0 Å². The van der Waals surface area contributed by atoms with Crippen molar-refractivity contribution < 1.29 is 17.9 Å². The highest BCUT2D eigenvalue weighted by Gasteiger charge is 2.15.